The predicted octanol–water partition coefficient (Wildman–Crippen LogP) is 2.52. The molecule has 1 aromatic rings. The maximum Gasteiger partial charge on any atom is 0.237 e. The summed E-state index contributed by atoms with van der Waals surface area (Å²) in [7, 11) is 0. The molecule has 1 amide bonds. The highest BCUT2D eigenvalue weighted by Crippen LogP contribution is 2.09. The van der Waals surface area contributed by atoms with Gasteiger partial charge in [0.25, 0.3) is 0 Å². The zero-order valence-electron chi connectivity index (χ0n) is 14.4. The second-order valence-electron chi connectivity index (χ2n) is 5.91. The Hall–Kier alpha value is -1.39. The van der Waals surface area contributed by atoms with Gasteiger partial charge in [-0.25, -0.2) is 0 Å². The Morgan fingerprint density at radius 1 is 1.23 bits per heavy atom. The Bertz CT molecular complexity index is 457. The molecular weight excluding hydrogens is 274 g/mol. The molecule has 0 saturated carbocycles. The van der Waals surface area contributed by atoms with Crippen LogP contribution >= 0.6 is 0 Å². The molecule has 2 atom stereocenters. The molecule has 1 aromatic carbocycles. The van der Waals surface area contributed by atoms with Gasteiger partial charge in [0.2, 0.25) is 5.91 Å². The van der Waals surface area contributed by atoms with Crippen molar-refractivity contribution >= 4 is 5.91 Å². The average Bonchev–Trinajstić information content (AvgIpc) is 2.56. The van der Waals surface area contributed by atoms with Crippen molar-refractivity contribution in [1.29, 1.82) is 0 Å². The molecule has 3 N–H and O–H groups in total. The Morgan fingerprint density at radius 2 is 1.86 bits per heavy atom. The van der Waals surface area contributed by atoms with Gasteiger partial charge in [0.05, 0.1) is 6.04 Å². The Morgan fingerprint density at radius 3 is 2.45 bits per heavy atom. The van der Waals surface area contributed by atoms with E-state index in [2.05, 4.69) is 49.2 Å². The number of hydrogen-bond acceptors (Lipinski definition) is 3. The predicted molar refractivity (Wildman–Crippen MR) is 92.3 cm³/mol. The van der Waals surface area contributed by atoms with Crippen molar-refractivity contribution in [3.05, 3.63) is 35.4 Å². The van der Waals surface area contributed by atoms with Crippen LogP contribution in [-0.4, -0.2) is 29.9 Å². The third-order valence-corrected chi connectivity index (χ3v) is 4.32. The molecule has 0 aliphatic rings. The molecule has 4 heteroatoms. The quantitative estimate of drug-likeness (QED) is 0.737. The summed E-state index contributed by atoms with van der Waals surface area (Å²) in [6.07, 6.45) is 0.911. The fourth-order valence-electron chi connectivity index (χ4n) is 2.36. The highest BCUT2D eigenvalue weighted by molar-refractivity contribution is 5.81. The molecule has 0 aromatic heterocycles. The summed E-state index contributed by atoms with van der Waals surface area (Å²) in [4.78, 5) is 14.4. The first-order chi connectivity index (χ1) is 10.5. The highest BCUT2D eigenvalue weighted by Gasteiger charge is 2.18. The summed E-state index contributed by atoms with van der Waals surface area (Å²) in [6.45, 7) is 12.0. The van der Waals surface area contributed by atoms with Crippen molar-refractivity contribution in [3.8, 4) is 0 Å². The maximum atomic E-state index is 12.0. The van der Waals surface area contributed by atoms with E-state index < -0.39 is 6.04 Å². The molecule has 0 heterocycles. The minimum atomic E-state index is -0.427. The lowest BCUT2D eigenvalue weighted by Gasteiger charge is -2.19. The summed E-state index contributed by atoms with van der Waals surface area (Å²) < 4.78 is 0. The van der Waals surface area contributed by atoms with E-state index in [0.29, 0.717) is 6.54 Å². The fraction of sp³-hybridized carbons (Fsp3) is 0.611. The van der Waals surface area contributed by atoms with Crippen LogP contribution in [0.2, 0.25) is 0 Å². The van der Waals surface area contributed by atoms with Crippen LogP contribution in [0.4, 0.5) is 0 Å². The fourth-order valence-corrected chi connectivity index (χ4v) is 2.36. The van der Waals surface area contributed by atoms with E-state index in [4.69, 9.17) is 5.73 Å². The number of benzene rings is 1. The normalized spacial score (nSPS) is 13.9. The van der Waals surface area contributed by atoms with Crippen molar-refractivity contribution in [3.63, 3.8) is 0 Å². The van der Waals surface area contributed by atoms with Crippen LogP contribution in [0, 0.1) is 5.92 Å². The standard InChI is InChI=1S/C18H31N3O/c1-5-14(4)17(19)18(22)20-12-15-9-8-10-16(11-15)13-21(6-2)7-3/h8-11,14,17H,5-7,12-13,19H2,1-4H3,(H,20,22). The van der Waals surface area contributed by atoms with Crippen molar-refractivity contribution in [1.82, 2.24) is 10.2 Å². The molecule has 0 aliphatic heterocycles. The van der Waals surface area contributed by atoms with Crippen molar-refractivity contribution in [2.75, 3.05) is 13.1 Å². The van der Waals surface area contributed by atoms with Crippen LogP contribution in [0.15, 0.2) is 24.3 Å². The SMILES string of the molecule is CCC(C)C(N)C(=O)NCc1cccc(CN(CC)CC)c1. The molecule has 4 nitrogen and oxygen atoms in total. The first-order valence-corrected chi connectivity index (χ1v) is 8.35. The van der Waals surface area contributed by atoms with Gasteiger partial charge >= 0.3 is 0 Å². The van der Waals surface area contributed by atoms with E-state index >= 15 is 0 Å². The lowest BCUT2D eigenvalue weighted by molar-refractivity contribution is -0.123. The lowest BCUT2D eigenvalue weighted by Crippen LogP contribution is -2.44. The lowest BCUT2D eigenvalue weighted by atomic mass is 9.99. The molecule has 0 spiro atoms. The Labute approximate surface area is 135 Å². The Balaban J connectivity index is 2.58. The van der Waals surface area contributed by atoms with E-state index in [9.17, 15) is 4.79 Å². The van der Waals surface area contributed by atoms with Crippen LogP contribution < -0.4 is 11.1 Å². The van der Waals surface area contributed by atoms with Gasteiger partial charge in [0.1, 0.15) is 0 Å². The molecule has 0 aliphatic carbocycles. The van der Waals surface area contributed by atoms with E-state index in [1.54, 1.807) is 0 Å². The minimum Gasteiger partial charge on any atom is -0.351 e. The first kappa shape index (κ1) is 18.7. The second-order valence-corrected chi connectivity index (χ2v) is 5.91. The van der Waals surface area contributed by atoms with Gasteiger partial charge in [-0.2, -0.15) is 0 Å². The molecule has 0 bridgehead atoms. The molecule has 22 heavy (non-hydrogen) atoms. The van der Waals surface area contributed by atoms with Crippen LogP contribution in [0.5, 0.6) is 0 Å². The molecular formula is C18H31N3O. The summed E-state index contributed by atoms with van der Waals surface area (Å²) in [6, 6.07) is 7.96. The summed E-state index contributed by atoms with van der Waals surface area (Å²) in [5.74, 6) is 0.137. The smallest absolute Gasteiger partial charge is 0.237 e. The number of rotatable bonds is 9. The van der Waals surface area contributed by atoms with E-state index in [1.165, 1.54) is 5.56 Å². The minimum absolute atomic E-state index is 0.0662. The topological polar surface area (TPSA) is 58.4 Å². The van der Waals surface area contributed by atoms with Crippen LogP contribution in [0.1, 0.15) is 45.2 Å². The van der Waals surface area contributed by atoms with E-state index in [1.807, 2.05) is 13.0 Å². The number of nitrogens with zero attached hydrogens (tertiary/aromatic N) is 1. The molecule has 124 valence electrons. The van der Waals surface area contributed by atoms with E-state index in [-0.39, 0.29) is 11.8 Å². The van der Waals surface area contributed by atoms with Gasteiger partial charge in [-0.15, -0.1) is 0 Å². The maximum absolute atomic E-state index is 12.0. The summed E-state index contributed by atoms with van der Waals surface area (Å²) >= 11 is 0. The monoisotopic (exact) mass is 305 g/mol. The van der Waals surface area contributed by atoms with Crippen molar-refractivity contribution < 1.29 is 4.79 Å². The van der Waals surface area contributed by atoms with Crippen molar-refractivity contribution in [2.24, 2.45) is 11.7 Å². The van der Waals surface area contributed by atoms with Gasteiger partial charge in [0.15, 0.2) is 0 Å². The van der Waals surface area contributed by atoms with Crippen LogP contribution in [-0.2, 0) is 17.9 Å². The Kier molecular flexibility index (Phi) is 8.13. The summed E-state index contributed by atoms with van der Waals surface area (Å²) in [5.41, 5.74) is 8.35. The molecule has 0 saturated heterocycles. The molecule has 2 unspecified atom stereocenters. The number of hydrogen-bond donors (Lipinski definition) is 2. The zero-order chi connectivity index (χ0) is 16.5. The van der Waals surface area contributed by atoms with Gasteiger partial charge in [-0.3, -0.25) is 9.69 Å². The van der Waals surface area contributed by atoms with Crippen LogP contribution in [0.25, 0.3) is 0 Å². The molecule has 0 fully saturated rings. The third-order valence-electron chi connectivity index (χ3n) is 4.32. The van der Waals surface area contributed by atoms with Gasteiger partial charge in [-0.1, -0.05) is 58.4 Å². The number of nitrogens with two attached hydrogens (primary N) is 1. The summed E-state index contributed by atoms with van der Waals surface area (Å²) in [5, 5.41) is 2.94. The molecule has 1 rings (SSSR count). The number of nitrogens with one attached hydrogen (secondary N) is 1. The molecule has 0 radical (unpaired) electrons. The van der Waals surface area contributed by atoms with Crippen LogP contribution in [0.3, 0.4) is 0 Å². The van der Waals surface area contributed by atoms with Gasteiger partial charge in [-0.05, 0) is 30.1 Å². The number of carbonyl (C=O) groups is 1. The zero-order valence-corrected chi connectivity index (χ0v) is 14.4. The van der Waals surface area contributed by atoms with Crippen molar-refractivity contribution in [2.45, 2.75) is 53.2 Å². The number of amides is 1. The highest BCUT2D eigenvalue weighted by atomic mass is 16.2. The first-order valence-electron chi connectivity index (χ1n) is 8.35. The number of carbonyl (C=O) groups excluding carboxylic acids is 1. The van der Waals surface area contributed by atoms with Gasteiger partial charge in [0, 0.05) is 13.1 Å². The average molecular weight is 305 g/mol. The largest absolute Gasteiger partial charge is 0.351 e. The van der Waals surface area contributed by atoms with Gasteiger partial charge < -0.3 is 11.1 Å². The van der Waals surface area contributed by atoms with E-state index in [0.717, 1.165) is 31.6 Å². The third kappa shape index (κ3) is 5.78. The second kappa shape index (κ2) is 9.59.